The number of likely N-dealkylation sites (tertiary alicyclic amines) is 1. The molecular formula is C16H21FN2O2. The Kier molecular flexibility index (Phi) is 4.39. The van der Waals surface area contributed by atoms with E-state index in [1.165, 1.54) is 17.7 Å². The van der Waals surface area contributed by atoms with Crippen LogP contribution in [0.2, 0.25) is 0 Å². The summed E-state index contributed by atoms with van der Waals surface area (Å²) in [6, 6.07) is 6.89. The van der Waals surface area contributed by atoms with Gasteiger partial charge in [0.25, 0.3) is 0 Å². The number of urea groups is 1. The second kappa shape index (κ2) is 6.43. The number of halogens is 1. The maximum Gasteiger partial charge on any atom is 0.320 e. The van der Waals surface area contributed by atoms with Gasteiger partial charge in [0.1, 0.15) is 5.82 Å². The summed E-state index contributed by atoms with van der Waals surface area (Å²) in [6.07, 6.45) is 1.89. The fraction of sp³-hybridized carbons (Fsp3) is 0.562. The Bertz CT molecular complexity index is 478. The smallest absolute Gasteiger partial charge is 0.320 e. The first-order chi connectivity index (χ1) is 10.2. The zero-order valence-electron chi connectivity index (χ0n) is 12.1. The van der Waals surface area contributed by atoms with Crippen molar-refractivity contribution in [1.82, 2.24) is 9.80 Å². The van der Waals surface area contributed by atoms with Crippen LogP contribution in [0.4, 0.5) is 9.18 Å². The van der Waals surface area contributed by atoms with Gasteiger partial charge in [-0.1, -0.05) is 12.1 Å². The number of piperidine rings is 1. The van der Waals surface area contributed by atoms with Crippen LogP contribution in [-0.2, 0) is 4.74 Å². The first kappa shape index (κ1) is 14.3. The summed E-state index contributed by atoms with van der Waals surface area (Å²) in [6.45, 7) is 4.21. The summed E-state index contributed by atoms with van der Waals surface area (Å²) in [5.74, 6) is 0.234. The molecule has 2 amide bonds. The Morgan fingerprint density at radius 2 is 1.57 bits per heavy atom. The number of carbonyl (C=O) groups is 1. The van der Waals surface area contributed by atoms with Gasteiger partial charge in [-0.3, -0.25) is 0 Å². The van der Waals surface area contributed by atoms with Crippen molar-refractivity contribution in [2.75, 3.05) is 39.4 Å². The number of hydrogen-bond acceptors (Lipinski definition) is 2. The van der Waals surface area contributed by atoms with Crippen molar-refractivity contribution in [3.63, 3.8) is 0 Å². The van der Waals surface area contributed by atoms with Gasteiger partial charge in [-0.25, -0.2) is 9.18 Å². The highest BCUT2D eigenvalue weighted by Crippen LogP contribution is 2.28. The second-order valence-electron chi connectivity index (χ2n) is 5.69. The van der Waals surface area contributed by atoms with E-state index in [1.807, 2.05) is 21.9 Å². The van der Waals surface area contributed by atoms with Crippen molar-refractivity contribution < 1.29 is 13.9 Å². The van der Waals surface area contributed by atoms with Crippen molar-refractivity contribution >= 4 is 6.03 Å². The third-order valence-corrected chi connectivity index (χ3v) is 4.39. The predicted molar refractivity (Wildman–Crippen MR) is 77.7 cm³/mol. The van der Waals surface area contributed by atoms with Gasteiger partial charge >= 0.3 is 6.03 Å². The lowest BCUT2D eigenvalue weighted by molar-refractivity contribution is 0.0411. The van der Waals surface area contributed by atoms with Crippen LogP contribution >= 0.6 is 0 Å². The van der Waals surface area contributed by atoms with Gasteiger partial charge in [-0.2, -0.15) is 0 Å². The minimum Gasteiger partial charge on any atom is -0.378 e. The highest BCUT2D eigenvalue weighted by atomic mass is 19.1. The number of amides is 2. The first-order valence-electron chi connectivity index (χ1n) is 7.61. The lowest BCUT2D eigenvalue weighted by Crippen LogP contribution is -2.50. The van der Waals surface area contributed by atoms with Gasteiger partial charge in [-0.15, -0.1) is 0 Å². The van der Waals surface area contributed by atoms with Gasteiger partial charge in [-0.05, 0) is 36.5 Å². The standard InChI is InChI=1S/C16H21FN2O2/c17-15-3-1-13(2-4-15)14-5-7-18(8-6-14)16(20)19-9-11-21-12-10-19/h1-4,14H,5-12H2. The largest absolute Gasteiger partial charge is 0.378 e. The van der Waals surface area contributed by atoms with E-state index in [-0.39, 0.29) is 11.8 Å². The summed E-state index contributed by atoms with van der Waals surface area (Å²) in [4.78, 5) is 16.2. The molecule has 0 atom stereocenters. The van der Waals surface area contributed by atoms with Crippen LogP contribution in [0, 0.1) is 5.82 Å². The summed E-state index contributed by atoms with van der Waals surface area (Å²) in [5.41, 5.74) is 1.18. The quantitative estimate of drug-likeness (QED) is 0.796. The number of ether oxygens (including phenoxy) is 1. The van der Waals surface area contributed by atoms with Crippen LogP contribution in [0.25, 0.3) is 0 Å². The minimum atomic E-state index is -0.196. The molecule has 0 spiro atoms. The zero-order chi connectivity index (χ0) is 14.7. The van der Waals surface area contributed by atoms with Crippen LogP contribution in [0.15, 0.2) is 24.3 Å². The van der Waals surface area contributed by atoms with Gasteiger partial charge in [0.15, 0.2) is 0 Å². The molecule has 114 valence electrons. The van der Waals surface area contributed by atoms with Crippen LogP contribution in [0.1, 0.15) is 24.3 Å². The molecule has 2 saturated heterocycles. The Balaban J connectivity index is 1.54. The van der Waals surface area contributed by atoms with E-state index >= 15 is 0 Å². The molecule has 21 heavy (non-hydrogen) atoms. The number of rotatable bonds is 1. The minimum absolute atomic E-state index is 0.135. The molecule has 4 nitrogen and oxygen atoms in total. The van der Waals surface area contributed by atoms with E-state index < -0.39 is 0 Å². The average Bonchev–Trinajstić information content (AvgIpc) is 2.56. The molecule has 2 aliphatic rings. The number of carbonyl (C=O) groups excluding carboxylic acids is 1. The normalized spacial score (nSPS) is 20.6. The Hall–Kier alpha value is -1.62. The highest BCUT2D eigenvalue weighted by Gasteiger charge is 2.27. The van der Waals surface area contributed by atoms with Crippen molar-refractivity contribution in [2.24, 2.45) is 0 Å². The number of nitrogens with zero attached hydrogens (tertiary/aromatic N) is 2. The second-order valence-corrected chi connectivity index (χ2v) is 5.69. The Labute approximate surface area is 124 Å². The molecule has 0 bridgehead atoms. The topological polar surface area (TPSA) is 32.8 Å². The van der Waals surface area contributed by atoms with Crippen molar-refractivity contribution in [3.05, 3.63) is 35.6 Å². The third-order valence-electron chi connectivity index (χ3n) is 4.39. The zero-order valence-corrected chi connectivity index (χ0v) is 12.1. The van der Waals surface area contributed by atoms with E-state index in [0.29, 0.717) is 32.2 Å². The summed E-state index contributed by atoms with van der Waals surface area (Å²) in [7, 11) is 0. The van der Waals surface area contributed by atoms with Gasteiger partial charge in [0.2, 0.25) is 0 Å². The lowest BCUT2D eigenvalue weighted by atomic mass is 9.89. The fourth-order valence-electron chi connectivity index (χ4n) is 3.09. The molecule has 0 saturated carbocycles. The van der Waals surface area contributed by atoms with Crippen LogP contribution in [0.5, 0.6) is 0 Å². The molecular weight excluding hydrogens is 271 g/mol. The van der Waals surface area contributed by atoms with Crippen LogP contribution in [0.3, 0.4) is 0 Å². The molecule has 1 aromatic carbocycles. The fourth-order valence-corrected chi connectivity index (χ4v) is 3.09. The molecule has 2 heterocycles. The molecule has 2 aliphatic heterocycles. The maximum atomic E-state index is 13.0. The molecule has 0 aliphatic carbocycles. The highest BCUT2D eigenvalue weighted by molar-refractivity contribution is 5.74. The van der Waals surface area contributed by atoms with E-state index in [1.54, 1.807) is 0 Å². The molecule has 0 aromatic heterocycles. The van der Waals surface area contributed by atoms with E-state index in [2.05, 4.69) is 0 Å². The van der Waals surface area contributed by atoms with Crippen molar-refractivity contribution in [3.8, 4) is 0 Å². The predicted octanol–water partition coefficient (Wildman–Crippen LogP) is 2.46. The molecule has 2 fully saturated rings. The third kappa shape index (κ3) is 3.35. The van der Waals surface area contributed by atoms with Gasteiger partial charge in [0.05, 0.1) is 13.2 Å². The number of morpholine rings is 1. The molecule has 3 rings (SSSR count). The lowest BCUT2D eigenvalue weighted by Gasteiger charge is -2.37. The van der Waals surface area contributed by atoms with Crippen molar-refractivity contribution in [2.45, 2.75) is 18.8 Å². The monoisotopic (exact) mass is 292 g/mol. The van der Waals surface area contributed by atoms with E-state index in [4.69, 9.17) is 4.74 Å². The summed E-state index contributed by atoms with van der Waals surface area (Å²) < 4.78 is 18.2. The Morgan fingerprint density at radius 3 is 2.19 bits per heavy atom. The van der Waals surface area contributed by atoms with E-state index in [9.17, 15) is 9.18 Å². The number of benzene rings is 1. The summed E-state index contributed by atoms with van der Waals surface area (Å²) in [5, 5.41) is 0. The van der Waals surface area contributed by atoms with Gasteiger partial charge in [0, 0.05) is 26.2 Å². The number of hydrogen-bond donors (Lipinski definition) is 0. The first-order valence-corrected chi connectivity index (χ1v) is 7.61. The Morgan fingerprint density at radius 1 is 1.00 bits per heavy atom. The van der Waals surface area contributed by atoms with Crippen LogP contribution in [-0.4, -0.2) is 55.2 Å². The SMILES string of the molecule is O=C(N1CCOCC1)N1CCC(c2ccc(F)cc2)CC1. The average molecular weight is 292 g/mol. The van der Waals surface area contributed by atoms with Gasteiger partial charge < -0.3 is 14.5 Å². The summed E-state index contributed by atoms with van der Waals surface area (Å²) >= 11 is 0. The van der Waals surface area contributed by atoms with Crippen molar-refractivity contribution in [1.29, 1.82) is 0 Å². The molecule has 5 heteroatoms. The molecule has 1 aromatic rings. The molecule has 0 N–H and O–H groups in total. The van der Waals surface area contributed by atoms with Crippen LogP contribution < -0.4 is 0 Å². The molecule has 0 unspecified atom stereocenters. The maximum absolute atomic E-state index is 13.0. The molecule has 0 radical (unpaired) electrons. The van der Waals surface area contributed by atoms with E-state index in [0.717, 1.165) is 25.9 Å².